The zero-order valence-corrected chi connectivity index (χ0v) is 16.7. The summed E-state index contributed by atoms with van der Waals surface area (Å²) in [6.45, 7) is 3.76. The summed E-state index contributed by atoms with van der Waals surface area (Å²) >= 11 is 0. The minimum atomic E-state index is -0.234. The SMILES string of the molecule is CCNC(=O)c1ccc(CNC(=NC)NCCc2c[nH]c3ccc(F)cc23)cc1. The molecule has 0 saturated heterocycles. The molecule has 0 bridgehead atoms. The molecular weight excluding hydrogens is 369 g/mol. The van der Waals surface area contributed by atoms with E-state index in [1.54, 1.807) is 19.2 Å². The third kappa shape index (κ3) is 5.34. The highest BCUT2D eigenvalue weighted by Crippen LogP contribution is 2.19. The number of hydrogen-bond donors (Lipinski definition) is 4. The number of nitrogens with zero attached hydrogens (tertiary/aromatic N) is 1. The van der Waals surface area contributed by atoms with Crippen LogP contribution in [0.2, 0.25) is 0 Å². The minimum Gasteiger partial charge on any atom is -0.361 e. The number of carbonyl (C=O) groups is 1. The van der Waals surface area contributed by atoms with E-state index in [2.05, 4.69) is 25.9 Å². The van der Waals surface area contributed by atoms with Crippen LogP contribution < -0.4 is 16.0 Å². The van der Waals surface area contributed by atoms with Crippen molar-refractivity contribution in [3.63, 3.8) is 0 Å². The van der Waals surface area contributed by atoms with Crippen molar-refractivity contribution in [1.82, 2.24) is 20.9 Å². The summed E-state index contributed by atoms with van der Waals surface area (Å²) in [6.07, 6.45) is 2.66. The maximum atomic E-state index is 13.5. The fourth-order valence-electron chi connectivity index (χ4n) is 3.12. The molecule has 1 aromatic heterocycles. The van der Waals surface area contributed by atoms with Gasteiger partial charge in [-0.05, 0) is 54.8 Å². The molecule has 0 aliphatic heterocycles. The first-order valence-electron chi connectivity index (χ1n) is 9.68. The van der Waals surface area contributed by atoms with Crippen LogP contribution in [-0.4, -0.2) is 37.0 Å². The van der Waals surface area contributed by atoms with Gasteiger partial charge in [0.05, 0.1) is 0 Å². The number of amides is 1. The zero-order chi connectivity index (χ0) is 20.6. The number of aliphatic imine (C=N–C) groups is 1. The van der Waals surface area contributed by atoms with Gasteiger partial charge in [-0.25, -0.2) is 4.39 Å². The van der Waals surface area contributed by atoms with Gasteiger partial charge in [0.2, 0.25) is 0 Å². The van der Waals surface area contributed by atoms with Gasteiger partial charge in [0.1, 0.15) is 5.82 Å². The van der Waals surface area contributed by atoms with E-state index in [1.807, 2.05) is 37.4 Å². The van der Waals surface area contributed by atoms with Crippen molar-refractivity contribution in [3.8, 4) is 0 Å². The van der Waals surface area contributed by atoms with Crippen LogP contribution in [0.25, 0.3) is 10.9 Å². The molecule has 4 N–H and O–H groups in total. The number of hydrogen-bond acceptors (Lipinski definition) is 2. The van der Waals surface area contributed by atoms with Crippen molar-refractivity contribution < 1.29 is 9.18 Å². The second-order valence-electron chi connectivity index (χ2n) is 6.66. The summed E-state index contributed by atoms with van der Waals surface area (Å²) in [5, 5.41) is 10.2. The number of guanidine groups is 1. The van der Waals surface area contributed by atoms with Gasteiger partial charge in [-0.15, -0.1) is 0 Å². The largest absolute Gasteiger partial charge is 0.361 e. The van der Waals surface area contributed by atoms with Gasteiger partial charge in [-0.1, -0.05) is 12.1 Å². The average Bonchev–Trinajstić information content (AvgIpc) is 3.13. The molecule has 1 amide bonds. The predicted octanol–water partition coefficient (Wildman–Crippen LogP) is 2.96. The number of nitrogens with one attached hydrogen (secondary N) is 4. The molecule has 0 aliphatic rings. The van der Waals surface area contributed by atoms with Gasteiger partial charge < -0.3 is 20.9 Å². The number of aromatic nitrogens is 1. The smallest absolute Gasteiger partial charge is 0.251 e. The number of H-pyrrole nitrogens is 1. The molecule has 0 saturated carbocycles. The minimum absolute atomic E-state index is 0.0679. The van der Waals surface area contributed by atoms with E-state index in [9.17, 15) is 9.18 Å². The lowest BCUT2D eigenvalue weighted by Crippen LogP contribution is -2.37. The Morgan fingerprint density at radius 2 is 1.90 bits per heavy atom. The van der Waals surface area contributed by atoms with E-state index < -0.39 is 0 Å². The molecule has 0 radical (unpaired) electrons. The number of rotatable bonds is 7. The Morgan fingerprint density at radius 1 is 1.10 bits per heavy atom. The molecule has 7 heteroatoms. The highest BCUT2D eigenvalue weighted by atomic mass is 19.1. The standard InChI is InChI=1S/C22H26FN5O/c1-3-25-21(29)16-6-4-15(5-7-16)13-28-22(24-2)26-11-10-17-14-27-20-9-8-18(23)12-19(17)20/h4-9,12,14,27H,3,10-11,13H2,1-2H3,(H,25,29)(H2,24,26,28). The van der Waals surface area contributed by atoms with E-state index in [1.165, 1.54) is 6.07 Å². The third-order valence-corrected chi connectivity index (χ3v) is 4.65. The number of halogens is 1. The van der Waals surface area contributed by atoms with E-state index in [-0.39, 0.29) is 11.7 Å². The second-order valence-corrected chi connectivity index (χ2v) is 6.66. The third-order valence-electron chi connectivity index (χ3n) is 4.65. The summed E-state index contributed by atoms with van der Waals surface area (Å²) in [5.74, 6) is 0.382. The second kappa shape index (κ2) is 9.73. The quantitative estimate of drug-likeness (QED) is 0.367. The van der Waals surface area contributed by atoms with Crippen molar-refractivity contribution in [3.05, 3.63) is 71.2 Å². The first-order chi connectivity index (χ1) is 14.1. The van der Waals surface area contributed by atoms with Crippen molar-refractivity contribution >= 4 is 22.8 Å². The molecule has 29 heavy (non-hydrogen) atoms. The van der Waals surface area contributed by atoms with Crippen LogP contribution in [-0.2, 0) is 13.0 Å². The molecule has 0 aliphatic carbocycles. The van der Waals surface area contributed by atoms with E-state index in [4.69, 9.17) is 0 Å². The Hall–Kier alpha value is -3.35. The summed E-state index contributed by atoms with van der Waals surface area (Å²) in [6, 6.07) is 12.2. The molecule has 152 valence electrons. The average molecular weight is 395 g/mol. The monoisotopic (exact) mass is 395 g/mol. The highest BCUT2D eigenvalue weighted by molar-refractivity contribution is 5.94. The van der Waals surface area contributed by atoms with Crippen LogP contribution in [0.4, 0.5) is 4.39 Å². The lowest BCUT2D eigenvalue weighted by molar-refractivity contribution is 0.0956. The summed E-state index contributed by atoms with van der Waals surface area (Å²) in [5.41, 5.74) is 3.68. The first kappa shape index (κ1) is 20.4. The molecule has 3 aromatic rings. The Morgan fingerprint density at radius 3 is 2.62 bits per heavy atom. The van der Waals surface area contributed by atoms with Crippen LogP contribution >= 0.6 is 0 Å². The van der Waals surface area contributed by atoms with Crippen molar-refractivity contribution in [2.75, 3.05) is 20.1 Å². The fourth-order valence-corrected chi connectivity index (χ4v) is 3.12. The Bertz CT molecular complexity index is 994. The normalized spacial score (nSPS) is 11.5. The van der Waals surface area contributed by atoms with Crippen molar-refractivity contribution in [1.29, 1.82) is 0 Å². The Kier molecular flexibility index (Phi) is 6.84. The van der Waals surface area contributed by atoms with Crippen molar-refractivity contribution in [2.24, 2.45) is 4.99 Å². The molecule has 0 spiro atoms. The van der Waals surface area contributed by atoms with E-state index in [0.717, 1.165) is 28.5 Å². The molecule has 0 fully saturated rings. The predicted molar refractivity (Wildman–Crippen MR) is 115 cm³/mol. The summed E-state index contributed by atoms with van der Waals surface area (Å²) < 4.78 is 13.5. The molecule has 3 rings (SSSR count). The van der Waals surface area contributed by atoms with Gasteiger partial charge in [0, 0.05) is 49.3 Å². The maximum absolute atomic E-state index is 13.5. The van der Waals surface area contributed by atoms with Gasteiger partial charge >= 0.3 is 0 Å². The topological polar surface area (TPSA) is 81.3 Å². The van der Waals surface area contributed by atoms with Crippen LogP contribution in [0.15, 0.2) is 53.7 Å². The summed E-state index contributed by atoms with van der Waals surface area (Å²) in [7, 11) is 1.72. The Labute approximate surface area is 169 Å². The van der Waals surface area contributed by atoms with E-state index in [0.29, 0.717) is 31.2 Å². The van der Waals surface area contributed by atoms with Crippen molar-refractivity contribution in [2.45, 2.75) is 19.9 Å². The van der Waals surface area contributed by atoms with Crippen LogP contribution in [0.5, 0.6) is 0 Å². The van der Waals surface area contributed by atoms with E-state index >= 15 is 0 Å². The number of aromatic amines is 1. The van der Waals surface area contributed by atoms with Gasteiger partial charge in [-0.2, -0.15) is 0 Å². The number of fused-ring (bicyclic) bond motifs is 1. The molecule has 0 unspecified atom stereocenters. The molecule has 6 nitrogen and oxygen atoms in total. The lowest BCUT2D eigenvalue weighted by Gasteiger charge is -2.12. The maximum Gasteiger partial charge on any atom is 0.251 e. The Balaban J connectivity index is 1.49. The lowest BCUT2D eigenvalue weighted by atomic mass is 10.1. The summed E-state index contributed by atoms with van der Waals surface area (Å²) in [4.78, 5) is 19.2. The number of benzene rings is 2. The van der Waals surface area contributed by atoms with Crippen LogP contribution in [0, 0.1) is 5.82 Å². The van der Waals surface area contributed by atoms with Gasteiger partial charge in [0.25, 0.3) is 5.91 Å². The van der Waals surface area contributed by atoms with Gasteiger partial charge in [0.15, 0.2) is 5.96 Å². The zero-order valence-electron chi connectivity index (χ0n) is 16.7. The molecule has 2 aromatic carbocycles. The molecule has 1 heterocycles. The highest BCUT2D eigenvalue weighted by Gasteiger charge is 2.06. The molecule has 0 atom stereocenters. The fraction of sp³-hybridized carbons (Fsp3) is 0.273. The van der Waals surface area contributed by atoms with Crippen LogP contribution in [0.3, 0.4) is 0 Å². The van der Waals surface area contributed by atoms with Gasteiger partial charge in [-0.3, -0.25) is 9.79 Å². The molecular formula is C22H26FN5O. The number of carbonyl (C=O) groups excluding carboxylic acids is 1. The first-order valence-corrected chi connectivity index (χ1v) is 9.68. The van der Waals surface area contributed by atoms with Crippen LogP contribution in [0.1, 0.15) is 28.4 Å².